The maximum Gasteiger partial charge on any atom is 0.293 e. The highest BCUT2D eigenvalue weighted by Crippen LogP contribution is 2.36. The Bertz CT molecular complexity index is 1240. The molecule has 1 aliphatic heterocycles. The SMILES string of the molecule is NC(=O)COc1ccc(Br)cc1/C=C1\SC(=O)N(Cc2cccc3ccccc23)C1=O. The fourth-order valence-corrected chi connectivity index (χ4v) is 4.50. The highest BCUT2D eigenvalue weighted by molar-refractivity contribution is 9.10. The second kappa shape index (κ2) is 8.95. The van der Waals surface area contributed by atoms with E-state index in [0.717, 1.165) is 32.6 Å². The summed E-state index contributed by atoms with van der Waals surface area (Å²) in [6, 6.07) is 18.8. The number of benzene rings is 3. The van der Waals surface area contributed by atoms with Crippen LogP contribution in [0.25, 0.3) is 16.8 Å². The Morgan fingerprint density at radius 2 is 1.87 bits per heavy atom. The highest BCUT2D eigenvalue weighted by Gasteiger charge is 2.35. The Hall–Kier alpha value is -3.10. The second-order valence-corrected chi connectivity index (χ2v) is 8.75. The highest BCUT2D eigenvalue weighted by atomic mass is 79.9. The summed E-state index contributed by atoms with van der Waals surface area (Å²) in [7, 11) is 0. The molecule has 6 nitrogen and oxygen atoms in total. The fourth-order valence-electron chi connectivity index (χ4n) is 3.29. The Labute approximate surface area is 191 Å². The molecule has 0 bridgehead atoms. The number of nitrogens with two attached hydrogens (primary N) is 1. The van der Waals surface area contributed by atoms with Gasteiger partial charge in [-0.25, -0.2) is 0 Å². The number of amides is 3. The number of carbonyl (C=O) groups is 3. The number of rotatable bonds is 6. The van der Waals surface area contributed by atoms with Crippen molar-refractivity contribution >= 4 is 61.6 Å². The van der Waals surface area contributed by atoms with E-state index in [9.17, 15) is 14.4 Å². The van der Waals surface area contributed by atoms with E-state index in [1.165, 1.54) is 4.90 Å². The fraction of sp³-hybridized carbons (Fsp3) is 0.0870. The monoisotopic (exact) mass is 496 g/mol. The maximum atomic E-state index is 13.0. The molecule has 0 aliphatic carbocycles. The smallest absolute Gasteiger partial charge is 0.293 e. The number of fused-ring (bicyclic) bond motifs is 1. The van der Waals surface area contributed by atoms with Crippen LogP contribution in [0.3, 0.4) is 0 Å². The molecule has 0 atom stereocenters. The lowest BCUT2D eigenvalue weighted by atomic mass is 10.0. The van der Waals surface area contributed by atoms with Crippen molar-refractivity contribution in [2.45, 2.75) is 6.54 Å². The van der Waals surface area contributed by atoms with Crippen LogP contribution in [0.1, 0.15) is 11.1 Å². The standard InChI is InChI=1S/C23H17BrN2O4S/c24-17-8-9-19(30-13-21(25)27)16(10-17)11-20-22(28)26(23(29)31-20)12-15-6-3-5-14-4-1-2-7-18(14)15/h1-11H,12-13H2,(H2,25,27)/b20-11-. The van der Waals surface area contributed by atoms with Gasteiger partial charge in [-0.3, -0.25) is 19.3 Å². The van der Waals surface area contributed by atoms with E-state index in [4.69, 9.17) is 10.5 Å². The van der Waals surface area contributed by atoms with Crippen LogP contribution < -0.4 is 10.5 Å². The average Bonchev–Trinajstić information content (AvgIpc) is 3.00. The van der Waals surface area contributed by atoms with Crippen molar-refractivity contribution in [1.82, 2.24) is 4.90 Å². The lowest BCUT2D eigenvalue weighted by Crippen LogP contribution is -2.27. The number of primary amides is 1. The molecule has 3 amide bonds. The van der Waals surface area contributed by atoms with Crippen LogP contribution in [0.4, 0.5) is 4.79 Å². The van der Waals surface area contributed by atoms with E-state index in [1.807, 2.05) is 42.5 Å². The molecule has 8 heteroatoms. The van der Waals surface area contributed by atoms with E-state index in [0.29, 0.717) is 11.3 Å². The van der Waals surface area contributed by atoms with Crippen LogP contribution in [-0.2, 0) is 16.1 Å². The Kier molecular flexibility index (Phi) is 6.11. The summed E-state index contributed by atoms with van der Waals surface area (Å²) >= 11 is 4.26. The molecule has 31 heavy (non-hydrogen) atoms. The summed E-state index contributed by atoms with van der Waals surface area (Å²) in [5, 5.41) is 1.72. The number of hydrogen-bond acceptors (Lipinski definition) is 5. The first-order valence-electron chi connectivity index (χ1n) is 9.35. The van der Waals surface area contributed by atoms with Crippen molar-refractivity contribution in [2.24, 2.45) is 5.73 Å². The molecule has 1 heterocycles. The molecule has 3 aromatic rings. The van der Waals surface area contributed by atoms with Crippen molar-refractivity contribution in [3.05, 3.63) is 81.2 Å². The zero-order valence-corrected chi connectivity index (χ0v) is 18.6. The van der Waals surface area contributed by atoms with Crippen LogP contribution in [0.2, 0.25) is 0 Å². The quantitative estimate of drug-likeness (QED) is 0.499. The van der Waals surface area contributed by atoms with Gasteiger partial charge in [-0.2, -0.15) is 0 Å². The number of nitrogens with zero attached hydrogens (tertiary/aromatic N) is 1. The second-order valence-electron chi connectivity index (χ2n) is 6.84. The van der Waals surface area contributed by atoms with E-state index >= 15 is 0 Å². The minimum atomic E-state index is -0.607. The molecule has 3 aromatic carbocycles. The first-order valence-corrected chi connectivity index (χ1v) is 11.0. The van der Waals surface area contributed by atoms with Gasteiger partial charge in [0.25, 0.3) is 17.1 Å². The number of halogens is 1. The summed E-state index contributed by atoms with van der Waals surface area (Å²) in [5.74, 6) is -0.587. The van der Waals surface area contributed by atoms with Gasteiger partial charge in [0.05, 0.1) is 11.4 Å². The van der Waals surface area contributed by atoms with Gasteiger partial charge in [0.15, 0.2) is 6.61 Å². The summed E-state index contributed by atoms with van der Waals surface area (Å²) in [5.41, 5.74) is 6.62. The van der Waals surface area contributed by atoms with E-state index in [2.05, 4.69) is 15.9 Å². The van der Waals surface area contributed by atoms with Crippen molar-refractivity contribution in [3.8, 4) is 5.75 Å². The van der Waals surface area contributed by atoms with Gasteiger partial charge in [0.1, 0.15) is 5.75 Å². The van der Waals surface area contributed by atoms with Crippen LogP contribution in [-0.4, -0.2) is 28.6 Å². The summed E-state index contributed by atoms with van der Waals surface area (Å²) in [4.78, 5) is 38.2. The Balaban J connectivity index is 1.62. The van der Waals surface area contributed by atoms with E-state index in [-0.39, 0.29) is 29.2 Å². The molecule has 1 fully saturated rings. The molecule has 2 N–H and O–H groups in total. The molecule has 4 rings (SSSR count). The molecule has 0 spiro atoms. The zero-order valence-electron chi connectivity index (χ0n) is 16.2. The maximum absolute atomic E-state index is 13.0. The number of carbonyl (C=O) groups excluding carboxylic acids is 3. The first kappa shape index (κ1) is 21.1. The first-order chi connectivity index (χ1) is 14.9. The molecule has 0 aromatic heterocycles. The van der Waals surface area contributed by atoms with Gasteiger partial charge in [-0.05, 0) is 52.4 Å². The molecule has 1 aliphatic rings. The van der Waals surface area contributed by atoms with E-state index in [1.54, 1.807) is 24.3 Å². The van der Waals surface area contributed by atoms with Crippen LogP contribution in [0.15, 0.2) is 70.0 Å². The lowest BCUT2D eigenvalue weighted by molar-refractivity contribution is -0.123. The minimum absolute atomic E-state index is 0.187. The van der Waals surface area contributed by atoms with Crippen molar-refractivity contribution in [3.63, 3.8) is 0 Å². The van der Waals surface area contributed by atoms with Crippen molar-refractivity contribution in [2.75, 3.05) is 6.61 Å². The largest absolute Gasteiger partial charge is 0.483 e. The Morgan fingerprint density at radius 1 is 1.10 bits per heavy atom. The van der Waals surface area contributed by atoms with Gasteiger partial charge < -0.3 is 10.5 Å². The number of imide groups is 1. The van der Waals surface area contributed by atoms with Gasteiger partial charge in [-0.15, -0.1) is 0 Å². The number of ether oxygens (including phenoxy) is 1. The number of thioether (sulfide) groups is 1. The third kappa shape index (κ3) is 4.65. The average molecular weight is 497 g/mol. The predicted octanol–water partition coefficient (Wildman–Crippen LogP) is 4.70. The van der Waals surface area contributed by atoms with Crippen LogP contribution >= 0.6 is 27.7 Å². The van der Waals surface area contributed by atoms with Crippen LogP contribution in [0.5, 0.6) is 5.75 Å². The lowest BCUT2D eigenvalue weighted by Gasteiger charge is -2.14. The molecule has 156 valence electrons. The molecule has 0 radical (unpaired) electrons. The van der Waals surface area contributed by atoms with Gasteiger partial charge in [0, 0.05) is 10.0 Å². The molecule has 0 saturated carbocycles. The van der Waals surface area contributed by atoms with Gasteiger partial charge in [0.2, 0.25) is 0 Å². The normalized spacial score (nSPS) is 15.1. The molecular formula is C23H17BrN2O4S. The predicted molar refractivity (Wildman–Crippen MR) is 124 cm³/mol. The van der Waals surface area contributed by atoms with Crippen molar-refractivity contribution < 1.29 is 19.1 Å². The zero-order chi connectivity index (χ0) is 22.0. The van der Waals surface area contributed by atoms with Gasteiger partial charge in [-0.1, -0.05) is 58.4 Å². The third-order valence-corrected chi connectivity index (χ3v) is 6.11. The van der Waals surface area contributed by atoms with Crippen LogP contribution in [0, 0.1) is 0 Å². The molecular weight excluding hydrogens is 480 g/mol. The minimum Gasteiger partial charge on any atom is -0.483 e. The summed E-state index contributed by atoms with van der Waals surface area (Å²) < 4.78 is 6.20. The van der Waals surface area contributed by atoms with E-state index < -0.39 is 5.91 Å². The summed E-state index contributed by atoms with van der Waals surface area (Å²) in [6.45, 7) is -0.0993. The topological polar surface area (TPSA) is 89.7 Å². The summed E-state index contributed by atoms with van der Waals surface area (Å²) in [6.07, 6.45) is 1.59. The number of hydrogen-bond donors (Lipinski definition) is 1. The molecule has 1 saturated heterocycles. The molecule has 0 unspecified atom stereocenters. The third-order valence-electron chi connectivity index (χ3n) is 4.71. The van der Waals surface area contributed by atoms with Crippen molar-refractivity contribution in [1.29, 1.82) is 0 Å². The Morgan fingerprint density at radius 3 is 2.68 bits per heavy atom. The van der Waals surface area contributed by atoms with Gasteiger partial charge >= 0.3 is 0 Å².